The fourth-order valence-electron chi connectivity index (χ4n) is 2.07. The Morgan fingerprint density at radius 3 is 2.80 bits per heavy atom. The summed E-state index contributed by atoms with van der Waals surface area (Å²) >= 11 is 0. The van der Waals surface area contributed by atoms with Crippen LogP contribution < -0.4 is 14.8 Å². The van der Waals surface area contributed by atoms with Gasteiger partial charge in [-0.2, -0.15) is 0 Å². The highest BCUT2D eigenvalue weighted by atomic mass is 16.7. The zero-order chi connectivity index (χ0) is 14.4. The molecule has 1 aliphatic heterocycles. The molecule has 1 aliphatic rings. The molecule has 0 fully saturated rings. The molecule has 0 bridgehead atoms. The van der Waals surface area contributed by atoms with Crippen LogP contribution in [0.4, 0.5) is 0 Å². The van der Waals surface area contributed by atoms with Crippen molar-refractivity contribution in [3.05, 3.63) is 23.8 Å². The van der Waals surface area contributed by atoms with Crippen molar-refractivity contribution in [2.24, 2.45) is 0 Å². The smallest absolute Gasteiger partial charge is 0.231 e. The average molecular weight is 281 g/mol. The Hall–Kier alpha value is -1.30. The van der Waals surface area contributed by atoms with Crippen LogP contribution >= 0.6 is 0 Å². The van der Waals surface area contributed by atoms with Crippen LogP contribution in [-0.4, -0.2) is 39.8 Å². The molecule has 112 valence electrons. The van der Waals surface area contributed by atoms with Gasteiger partial charge >= 0.3 is 0 Å². The van der Waals surface area contributed by atoms with Crippen LogP contribution in [0.15, 0.2) is 18.2 Å². The molecule has 20 heavy (non-hydrogen) atoms. The fourth-order valence-corrected chi connectivity index (χ4v) is 2.07. The number of hydrogen-bond donors (Lipinski definition) is 1. The molecular formula is C15H23NO4. The lowest BCUT2D eigenvalue weighted by atomic mass is 10.1. The molecule has 5 nitrogen and oxygen atoms in total. The van der Waals surface area contributed by atoms with Crippen molar-refractivity contribution in [2.45, 2.75) is 26.0 Å². The molecule has 0 amide bonds. The molecule has 1 aromatic carbocycles. The molecule has 0 aromatic heterocycles. The van der Waals surface area contributed by atoms with Gasteiger partial charge in [0.25, 0.3) is 0 Å². The Labute approximate surface area is 120 Å². The van der Waals surface area contributed by atoms with Crippen LogP contribution in [0.2, 0.25) is 0 Å². The molecule has 1 heterocycles. The van der Waals surface area contributed by atoms with Gasteiger partial charge in [-0.15, -0.1) is 0 Å². The van der Waals surface area contributed by atoms with Crippen LogP contribution in [0.25, 0.3) is 0 Å². The Morgan fingerprint density at radius 2 is 2.05 bits per heavy atom. The molecule has 5 heteroatoms. The maximum Gasteiger partial charge on any atom is 0.231 e. The predicted molar refractivity (Wildman–Crippen MR) is 76.3 cm³/mol. The summed E-state index contributed by atoms with van der Waals surface area (Å²) in [5, 5.41) is 3.26. The monoisotopic (exact) mass is 281 g/mol. The van der Waals surface area contributed by atoms with E-state index in [2.05, 4.69) is 5.32 Å². The average Bonchev–Trinajstić information content (AvgIpc) is 2.93. The summed E-state index contributed by atoms with van der Waals surface area (Å²) in [4.78, 5) is 0. The number of hydrogen-bond acceptors (Lipinski definition) is 5. The largest absolute Gasteiger partial charge is 0.454 e. The third-order valence-corrected chi connectivity index (χ3v) is 3.25. The second kappa shape index (κ2) is 7.47. The van der Waals surface area contributed by atoms with E-state index >= 15 is 0 Å². The zero-order valence-electron chi connectivity index (χ0n) is 12.3. The van der Waals surface area contributed by atoms with E-state index in [4.69, 9.17) is 18.9 Å². The highest BCUT2D eigenvalue weighted by Crippen LogP contribution is 2.34. The highest BCUT2D eigenvalue weighted by Gasteiger charge is 2.18. The summed E-state index contributed by atoms with van der Waals surface area (Å²) in [6.45, 7) is 6.21. The molecular weight excluding hydrogens is 258 g/mol. The number of fused-ring (bicyclic) bond motifs is 1. The van der Waals surface area contributed by atoms with Gasteiger partial charge < -0.3 is 24.3 Å². The SMILES string of the molecule is CCOCC(C)OCC(NC)c1ccc2c(c1)OCO2. The van der Waals surface area contributed by atoms with E-state index in [-0.39, 0.29) is 12.1 Å². The van der Waals surface area contributed by atoms with Gasteiger partial charge in [0.05, 0.1) is 25.4 Å². The Kier molecular flexibility index (Phi) is 5.64. The van der Waals surface area contributed by atoms with E-state index in [0.717, 1.165) is 17.1 Å². The maximum atomic E-state index is 5.81. The Bertz CT molecular complexity index is 424. The second-order valence-electron chi connectivity index (χ2n) is 4.76. The minimum atomic E-state index is 0.0832. The second-order valence-corrected chi connectivity index (χ2v) is 4.76. The number of likely N-dealkylation sites (N-methyl/N-ethyl adjacent to an activating group) is 1. The third-order valence-electron chi connectivity index (χ3n) is 3.25. The summed E-state index contributed by atoms with van der Waals surface area (Å²) < 4.78 is 21.9. The summed E-state index contributed by atoms with van der Waals surface area (Å²) in [5.41, 5.74) is 1.13. The normalized spacial score (nSPS) is 16.1. The van der Waals surface area contributed by atoms with Crippen LogP contribution in [0.1, 0.15) is 25.5 Å². The molecule has 2 unspecified atom stereocenters. The number of benzene rings is 1. The topological polar surface area (TPSA) is 49.0 Å². The molecule has 0 saturated carbocycles. The van der Waals surface area contributed by atoms with Crippen molar-refractivity contribution < 1.29 is 18.9 Å². The highest BCUT2D eigenvalue weighted by molar-refractivity contribution is 5.45. The quantitative estimate of drug-likeness (QED) is 0.791. The van der Waals surface area contributed by atoms with Crippen LogP contribution in [0, 0.1) is 0 Å². The number of rotatable bonds is 8. The van der Waals surface area contributed by atoms with Crippen molar-refractivity contribution in [3.63, 3.8) is 0 Å². The summed E-state index contributed by atoms with van der Waals surface area (Å²) in [5.74, 6) is 1.60. The predicted octanol–water partition coefficient (Wildman–Crippen LogP) is 2.12. The van der Waals surface area contributed by atoms with Crippen molar-refractivity contribution in [2.75, 3.05) is 33.7 Å². The van der Waals surface area contributed by atoms with Crippen molar-refractivity contribution in [3.8, 4) is 11.5 Å². The first-order valence-corrected chi connectivity index (χ1v) is 7.00. The molecule has 1 N–H and O–H groups in total. The van der Waals surface area contributed by atoms with E-state index in [0.29, 0.717) is 26.6 Å². The zero-order valence-corrected chi connectivity index (χ0v) is 12.3. The summed E-state index contributed by atoms with van der Waals surface area (Å²) in [7, 11) is 1.92. The first-order chi connectivity index (χ1) is 9.74. The third kappa shape index (κ3) is 3.85. The fraction of sp³-hybridized carbons (Fsp3) is 0.600. The van der Waals surface area contributed by atoms with E-state index in [1.807, 2.05) is 39.1 Å². The standard InChI is InChI=1S/C15H23NO4/c1-4-17-8-11(2)18-9-13(16-3)12-5-6-14-15(7-12)20-10-19-14/h5-7,11,13,16H,4,8-10H2,1-3H3. The number of nitrogens with one attached hydrogen (secondary N) is 1. The Balaban J connectivity index is 1.91. The molecule has 0 radical (unpaired) electrons. The molecule has 2 atom stereocenters. The minimum absolute atomic E-state index is 0.0832. The number of ether oxygens (including phenoxy) is 4. The lowest BCUT2D eigenvalue weighted by Crippen LogP contribution is -2.26. The lowest BCUT2D eigenvalue weighted by molar-refractivity contribution is -0.0110. The van der Waals surface area contributed by atoms with Gasteiger partial charge in [0.1, 0.15) is 0 Å². The van der Waals surface area contributed by atoms with E-state index in [1.54, 1.807) is 0 Å². The molecule has 0 saturated heterocycles. The van der Waals surface area contributed by atoms with Gasteiger partial charge in [0.2, 0.25) is 6.79 Å². The summed E-state index contributed by atoms with van der Waals surface area (Å²) in [6, 6.07) is 6.09. The minimum Gasteiger partial charge on any atom is -0.454 e. The van der Waals surface area contributed by atoms with E-state index < -0.39 is 0 Å². The van der Waals surface area contributed by atoms with Gasteiger partial charge in [-0.25, -0.2) is 0 Å². The van der Waals surface area contributed by atoms with Crippen LogP contribution in [0.5, 0.6) is 11.5 Å². The first-order valence-electron chi connectivity index (χ1n) is 7.00. The van der Waals surface area contributed by atoms with Crippen LogP contribution in [0.3, 0.4) is 0 Å². The van der Waals surface area contributed by atoms with Crippen molar-refractivity contribution in [1.82, 2.24) is 5.32 Å². The summed E-state index contributed by atoms with van der Waals surface area (Å²) in [6.07, 6.45) is 0.0832. The molecule has 0 spiro atoms. The molecule has 2 rings (SSSR count). The van der Waals surface area contributed by atoms with Crippen LogP contribution in [-0.2, 0) is 9.47 Å². The first kappa shape index (κ1) is 15.1. The van der Waals surface area contributed by atoms with Crippen molar-refractivity contribution in [1.29, 1.82) is 0 Å². The van der Waals surface area contributed by atoms with Gasteiger partial charge in [-0.1, -0.05) is 6.07 Å². The van der Waals surface area contributed by atoms with Gasteiger partial charge in [-0.3, -0.25) is 0 Å². The Morgan fingerprint density at radius 1 is 1.25 bits per heavy atom. The molecule has 0 aliphatic carbocycles. The van der Waals surface area contributed by atoms with Gasteiger partial charge in [0, 0.05) is 6.61 Å². The van der Waals surface area contributed by atoms with Crippen molar-refractivity contribution >= 4 is 0 Å². The molecule has 1 aromatic rings. The maximum absolute atomic E-state index is 5.81. The van der Waals surface area contributed by atoms with E-state index in [1.165, 1.54) is 0 Å². The van der Waals surface area contributed by atoms with Gasteiger partial charge in [0.15, 0.2) is 11.5 Å². The lowest BCUT2D eigenvalue weighted by Gasteiger charge is -2.20. The van der Waals surface area contributed by atoms with Gasteiger partial charge in [-0.05, 0) is 38.6 Å². The van der Waals surface area contributed by atoms with E-state index in [9.17, 15) is 0 Å².